The van der Waals surface area contributed by atoms with Gasteiger partial charge in [0.15, 0.2) is 4.77 Å². The van der Waals surface area contributed by atoms with Crippen molar-refractivity contribution < 1.29 is 4.74 Å². The molecule has 2 aromatic carbocycles. The van der Waals surface area contributed by atoms with Crippen LogP contribution in [0.15, 0.2) is 42.5 Å². The van der Waals surface area contributed by atoms with Crippen molar-refractivity contribution in [3.05, 3.63) is 52.8 Å². The molecule has 0 bridgehead atoms. The Kier molecular flexibility index (Phi) is 3.32. The summed E-state index contributed by atoms with van der Waals surface area (Å²) in [6, 6.07) is 14.2. The molecule has 4 heteroatoms. The van der Waals surface area contributed by atoms with Crippen LogP contribution in [-0.2, 0) is 0 Å². The number of hydrogen-bond acceptors (Lipinski definition) is 2. The SMILES string of the molecule is CCOc1ccc(-n2c(=S)[nH]c3cccc(C)c32)cc1. The fraction of sp³-hybridized carbons (Fsp3) is 0.188. The molecule has 0 aliphatic rings. The Labute approximate surface area is 122 Å². The van der Waals surface area contributed by atoms with Crippen LogP contribution in [0.1, 0.15) is 12.5 Å². The smallest absolute Gasteiger partial charge is 0.182 e. The number of nitrogens with zero attached hydrogens (tertiary/aromatic N) is 1. The van der Waals surface area contributed by atoms with Gasteiger partial charge in [0, 0.05) is 5.69 Å². The van der Waals surface area contributed by atoms with Gasteiger partial charge in [-0.05, 0) is 62.0 Å². The molecule has 0 spiro atoms. The van der Waals surface area contributed by atoms with E-state index in [-0.39, 0.29) is 0 Å². The third kappa shape index (κ3) is 2.12. The maximum atomic E-state index is 5.48. The van der Waals surface area contributed by atoms with Gasteiger partial charge in [-0.1, -0.05) is 12.1 Å². The molecular weight excluding hydrogens is 268 g/mol. The summed E-state index contributed by atoms with van der Waals surface area (Å²) in [6.07, 6.45) is 0. The molecule has 0 atom stereocenters. The van der Waals surface area contributed by atoms with E-state index >= 15 is 0 Å². The average Bonchev–Trinajstić information content (AvgIpc) is 2.78. The van der Waals surface area contributed by atoms with E-state index in [1.165, 1.54) is 5.56 Å². The van der Waals surface area contributed by atoms with Crippen molar-refractivity contribution in [3.8, 4) is 11.4 Å². The predicted molar refractivity (Wildman–Crippen MR) is 84.4 cm³/mol. The van der Waals surface area contributed by atoms with E-state index in [1.807, 2.05) is 43.3 Å². The second-order valence-corrected chi connectivity index (χ2v) is 5.05. The molecule has 0 amide bonds. The molecule has 0 saturated carbocycles. The Morgan fingerprint density at radius 1 is 1.15 bits per heavy atom. The molecule has 0 fully saturated rings. The number of hydrogen-bond donors (Lipinski definition) is 1. The molecule has 3 rings (SSSR count). The van der Waals surface area contributed by atoms with Crippen molar-refractivity contribution in [1.29, 1.82) is 0 Å². The zero-order valence-electron chi connectivity index (χ0n) is 11.5. The van der Waals surface area contributed by atoms with Crippen LogP contribution in [-0.4, -0.2) is 16.2 Å². The molecule has 0 aliphatic carbocycles. The zero-order valence-corrected chi connectivity index (χ0v) is 12.3. The van der Waals surface area contributed by atoms with Gasteiger partial charge in [0.05, 0.1) is 17.6 Å². The predicted octanol–water partition coefficient (Wildman–Crippen LogP) is 4.40. The summed E-state index contributed by atoms with van der Waals surface area (Å²) in [5, 5.41) is 0. The van der Waals surface area contributed by atoms with Gasteiger partial charge in [-0.2, -0.15) is 0 Å². The average molecular weight is 284 g/mol. The Morgan fingerprint density at radius 3 is 2.60 bits per heavy atom. The molecule has 20 heavy (non-hydrogen) atoms. The van der Waals surface area contributed by atoms with Gasteiger partial charge < -0.3 is 9.72 Å². The number of nitrogens with one attached hydrogen (secondary N) is 1. The van der Waals surface area contributed by atoms with Crippen LogP contribution in [0.4, 0.5) is 0 Å². The van der Waals surface area contributed by atoms with Crippen molar-refractivity contribution in [2.24, 2.45) is 0 Å². The number of rotatable bonds is 3. The first-order valence-corrected chi connectivity index (χ1v) is 7.05. The van der Waals surface area contributed by atoms with Crippen LogP contribution < -0.4 is 4.74 Å². The lowest BCUT2D eigenvalue weighted by Crippen LogP contribution is -1.96. The second kappa shape index (κ2) is 5.13. The highest BCUT2D eigenvalue weighted by molar-refractivity contribution is 7.71. The van der Waals surface area contributed by atoms with E-state index in [0.29, 0.717) is 11.4 Å². The molecule has 3 aromatic rings. The van der Waals surface area contributed by atoms with Crippen LogP contribution in [0, 0.1) is 11.7 Å². The number of para-hydroxylation sites is 1. The van der Waals surface area contributed by atoms with E-state index in [9.17, 15) is 0 Å². The van der Waals surface area contributed by atoms with Crippen molar-refractivity contribution >= 4 is 23.3 Å². The standard InChI is InChI=1S/C16H16N2OS/c1-3-19-13-9-7-12(8-10-13)18-15-11(2)5-4-6-14(15)17-16(18)20/h4-10H,3H2,1-2H3,(H,17,20). The van der Waals surface area contributed by atoms with E-state index in [2.05, 4.69) is 22.5 Å². The highest BCUT2D eigenvalue weighted by Crippen LogP contribution is 2.24. The Bertz CT molecular complexity index is 799. The van der Waals surface area contributed by atoms with E-state index < -0.39 is 0 Å². The molecule has 1 aromatic heterocycles. The minimum Gasteiger partial charge on any atom is -0.494 e. The number of benzene rings is 2. The molecule has 0 saturated heterocycles. The van der Waals surface area contributed by atoms with Gasteiger partial charge in [0.2, 0.25) is 0 Å². The number of imidazole rings is 1. The van der Waals surface area contributed by atoms with Gasteiger partial charge in [-0.3, -0.25) is 4.57 Å². The Morgan fingerprint density at radius 2 is 1.90 bits per heavy atom. The number of H-pyrrole nitrogens is 1. The minimum atomic E-state index is 0.672. The Hall–Kier alpha value is -2.07. The number of aryl methyl sites for hydroxylation is 1. The summed E-state index contributed by atoms with van der Waals surface area (Å²) in [7, 11) is 0. The number of aromatic nitrogens is 2. The summed E-state index contributed by atoms with van der Waals surface area (Å²) < 4.78 is 8.25. The first-order chi connectivity index (χ1) is 9.70. The van der Waals surface area contributed by atoms with Crippen molar-refractivity contribution in [2.75, 3.05) is 6.61 Å². The minimum absolute atomic E-state index is 0.672. The molecule has 1 heterocycles. The fourth-order valence-electron chi connectivity index (χ4n) is 2.43. The van der Waals surface area contributed by atoms with Crippen LogP contribution >= 0.6 is 12.2 Å². The van der Waals surface area contributed by atoms with Crippen molar-refractivity contribution in [1.82, 2.24) is 9.55 Å². The first-order valence-electron chi connectivity index (χ1n) is 6.64. The van der Waals surface area contributed by atoms with Gasteiger partial charge in [-0.25, -0.2) is 0 Å². The molecule has 0 radical (unpaired) electrons. The number of ether oxygens (including phenoxy) is 1. The molecule has 3 nitrogen and oxygen atoms in total. The number of aromatic amines is 1. The van der Waals surface area contributed by atoms with E-state index in [4.69, 9.17) is 17.0 Å². The summed E-state index contributed by atoms with van der Waals surface area (Å²) in [5.74, 6) is 0.874. The maximum Gasteiger partial charge on any atom is 0.182 e. The third-order valence-electron chi connectivity index (χ3n) is 3.31. The van der Waals surface area contributed by atoms with Crippen LogP contribution in [0.2, 0.25) is 0 Å². The number of fused-ring (bicyclic) bond motifs is 1. The quantitative estimate of drug-likeness (QED) is 0.723. The third-order valence-corrected chi connectivity index (χ3v) is 3.60. The highest BCUT2D eigenvalue weighted by atomic mass is 32.1. The maximum absolute atomic E-state index is 5.48. The van der Waals surface area contributed by atoms with E-state index in [0.717, 1.165) is 22.5 Å². The lowest BCUT2D eigenvalue weighted by molar-refractivity contribution is 0.340. The zero-order chi connectivity index (χ0) is 14.1. The van der Waals surface area contributed by atoms with Gasteiger partial charge in [-0.15, -0.1) is 0 Å². The van der Waals surface area contributed by atoms with Crippen LogP contribution in [0.25, 0.3) is 16.7 Å². The molecular formula is C16H16N2OS. The summed E-state index contributed by atoms with van der Waals surface area (Å²) in [4.78, 5) is 3.25. The lowest BCUT2D eigenvalue weighted by Gasteiger charge is -2.08. The highest BCUT2D eigenvalue weighted by Gasteiger charge is 2.08. The Balaban J connectivity index is 2.19. The monoisotopic (exact) mass is 284 g/mol. The summed E-state index contributed by atoms with van der Waals surface area (Å²) in [5.41, 5.74) is 4.42. The largest absolute Gasteiger partial charge is 0.494 e. The van der Waals surface area contributed by atoms with Crippen LogP contribution in [0.3, 0.4) is 0 Å². The molecule has 0 aliphatic heterocycles. The molecule has 0 unspecified atom stereocenters. The molecule has 102 valence electrons. The van der Waals surface area contributed by atoms with Crippen molar-refractivity contribution in [2.45, 2.75) is 13.8 Å². The first kappa shape index (κ1) is 12.9. The molecule has 1 N–H and O–H groups in total. The summed E-state index contributed by atoms with van der Waals surface area (Å²) >= 11 is 5.45. The topological polar surface area (TPSA) is 29.9 Å². The normalized spacial score (nSPS) is 10.9. The van der Waals surface area contributed by atoms with Gasteiger partial charge in [0.25, 0.3) is 0 Å². The summed E-state index contributed by atoms with van der Waals surface area (Å²) in [6.45, 7) is 4.74. The van der Waals surface area contributed by atoms with Crippen LogP contribution in [0.5, 0.6) is 5.75 Å². The van der Waals surface area contributed by atoms with Gasteiger partial charge >= 0.3 is 0 Å². The second-order valence-electron chi connectivity index (χ2n) is 4.66. The fourth-order valence-corrected chi connectivity index (χ4v) is 2.74. The van der Waals surface area contributed by atoms with E-state index in [1.54, 1.807) is 0 Å². The van der Waals surface area contributed by atoms with Crippen molar-refractivity contribution in [3.63, 3.8) is 0 Å². The van der Waals surface area contributed by atoms with Gasteiger partial charge in [0.1, 0.15) is 5.75 Å². The lowest BCUT2D eigenvalue weighted by atomic mass is 10.2.